The first-order valence-corrected chi connectivity index (χ1v) is 12.0. The number of carbonyl (C=O) groups excluding carboxylic acids is 1. The van der Waals surface area contributed by atoms with Crippen molar-refractivity contribution in [3.8, 4) is 0 Å². The fraction of sp³-hybridized carbons (Fsp3) is 0.500. The lowest BCUT2D eigenvalue weighted by Gasteiger charge is -2.25. The second kappa shape index (κ2) is 10.3. The number of aryl methyl sites for hydroxylation is 3. The maximum atomic E-state index is 12.6. The number of nitrogens with zero attached hydrogens (tertiary/aromatic N) is 5. The third-order valence-corrected chi connectivity index (χ3v) is 5.93. The summed E-state index contributed by atoms with van der Waals surface area (Å²) in [5, 5.41) is 8.37. The molecule has 1 aliphatic rings. The number of anilines is 1. The van der Waals surface area contributed by atoms with Gasteiger partial charge in [0.2, 0.25) is 0 Å². The van der Waals surface area contributed by atoms with E-state index in [1.54, 1.807) is 12.4 Å². The summed E-state index contributed by atoms with van der Waals surface area (Å²) in [4.78, 5) is 25.7. The van der Waals surface area contributed by atoms with Crippen molar-refractivity contribution in [2.24, 2.45) is 0 Å². The third-order valence-electron chi connectivity index (χ3n) is 5.93. The molecule has 4 heterocycles. The van der Waals surface area contributed by atoms with E-state index in [2.05, 4.69) is 26.3 Å². The van der Waals surface area contributed by atoms with E-state index in [1.807, 2.05) is 56.9 Å². The van der Waals surface area contributed by atoms with Gasteiger partial charge < -0.3 is 10.1 Å². The van der Waals surface area contributed by atoms with E-state index in [0.29, 0.717) is 11.9 Å². The van der Waals surface area contributed by atoms with Crippen molar-refractivity contribution in [3.63, 3.8) is 0 Å². The highest BCUT2D eigenvalue weighted by molar-refractivity contribution is 5.71. The van der Waals surface area contributed by atoms with Crippen LogP contribution in [0.1, 0.15) is 75.1 Å². The van der Waals surface area contributed by atoms with Crippen LogP contribution in [0.15, 0.2) is 43.0 Å². The Bertz CT molecular complexity index is 1100. The van der Waals surface area contributed by atoms with Crippen molar-refractivity contribution in [2.75, 3.05) is 5.32 Å². The Morgan fingerprint density at radius 2 is 2.03 bits per heavy atom. The van der Waals surface area contributed by atoms with Gasteiger partial charge in [0, 0.05) is 36.4 Å². The Balaban J connectivity index is 1.38. The van der Waals surface area contributed by atoms with Gasteiger partial charge in [0.25, 0.3) is 0 Å². The minimum Gasteiger partial charge on any atom is -0.460 e. The lowest BCUT2D eigenvalue weighted by Crippen LogP contribution is -2.26. The van der Waals surface area contributed by atoms with Crippen molar-refractivity contribution >= 4 is 11.8 Å². The number of rotatable bonds is 8. The highest BCUT2D eigenvalue weighted by Gasteiger charge is 2.24. The molecule has 0 unspecified atom stereocenters. The maximum Gasteiger partial charge on any atom is 0.308 e. The number of hydrogen-bond acceptors (Lipinski definition) is 7. The molecule has 8 heteroatoms. The molecule has 8 nitrogen and oxygen atoms in total. The Hall–Kier alpha value is -3.29. The summed E-state index contributed by atoms with van der Waals surface area (Å²) in [5.41, 5.74) is 2.61. The zero-order chi connectivity index (χ0) is 24.1. The fourth-order valence-electron chi connectivity index (χ4n) is 4.28. The summed E-state index contributed by atoms with van der Waals surface area (Å²) in [6.07, 6.45) is 12.6. The van der Waals surface area contributed by atoms with E-state index in [4.69, 9.17) is 9.84 Å². The molecule has 1 N–H and O–H groups in total. The molecular weight excluding hydrogens is 428 g/mol. The number of esters is 1. The molecule has 0 radical (unpaired) electrons. The first-order valence-electron chi connectivity index (χ1n) is 12.0. The van der Waals surface area contributed by atoms with Crippen LogP contribution in [-0.4, -0.2) is 42.3 Å². The molecule has 2 atom stereocenters. The zero-order valence-corrected chi connectivity index (χ0v) is 20.5. The molecule has 3 aromatic rings. The van der Waals surface area contributed by atoms with Gasteiger partial charge in [-0.25, -0.2) is 15.0 Å². The normalized spacial score (nSPS) is 16.4. The van der Waals surface area contributed by atoms with E-state index in [0.717, 1.165) is 49.2 Å². The topological polar surface area (TPSA) is 94.8 Å². The zero-order valence-electron chi connectivity index (χ0n) is 20.5. The van der Waals surface area contributed by atoms with E-state index in [1.165, 1.54) is 5.56 Å². The Morgan fingerprint density at radius 3 is 2.79 bits per heavy atom. The molecule has 0 spiro atoms. The van der Waals surface area contributed by atoms with Crippen LogP contribution >= 0.6 is 0 Å². The van der Waals surface area contributed by atoms with Gasteiger partial charge in [-0.2, -0.15) is 5.10 Å². The lowest BCUT2D eigenvalue weighted by atomic mass is 9.97. The van der Waals surface area contributed by atoms with E-state index in [-0.39, 0.29) is 18.4 Å². The molecule has 0 aromatic carbocycles. The van der Waals surface area contributed by atoms with Gasteiger partial charge in [-0.15, -0.1) is 0 Å². The van der Waals surface area contributed by atoms with Crippen LogP contribution in [0.5, 0.6) is 0 Å². The molecular formula is C26H34N6O2. The minimum absolute atomic E-state index is 0.170. The summed E-state index contributed by atoms with van der Waals surface area (Å²) >= 11 is 0. The van der Waals surface area contributed by atoms with Crippen molar-refractivity contribution < 1.29 is 9.53 Å². The summed E-state index contributed by atoms with van der Waals surface area (Å²) in [7, 11) is 0. The quantitative estimate of drug-likeness (QED) is 0.494. The van der Waals surface area contributed by atoms with E-state index in [9.17, 15) is 4.79 Å². The van der Waals surface area contributed by atoms with Gasteiger partial charge in [0.1, 0.15) is 17.2 Å². The number of aromatic nitrogens is 5. The molecule has 0 saturated heterocycles. The third kappa shape index (κ3) is 6.40. The lowest BCUT2D eigenvalue weighted by molar-refractivity contribution is -0.155. The number of fused-ring (bicyclic) bond motifs is 1. The van der Waals surface area contributed by atoms with Crippen molar-refractivity contribution in [3.05, 3.63) is 65.6 Å². The SMILES string of the molecule is Cc1ncc([C@H](CC(=O)OC(C)(C)C)n2ccc(CCC[C@H]3CCc4cccnc4N3)n2)cn1. The molecule has 0 aliphatic carbocycles. The second-order valence-corrected chi connectivity index (χ2v) is 9.94. The predicted molar refractivity (Wildman–Crippen MR) is 131 cm³/mol. The first kappa shape index (κ1) is 23.9. The van der Waals surface area contributed by atoms with Gasteiger partial charge in [0.05, 0.1) is 18.2 Å². The van der Waals surface area contributed by atoms with Crippen LogP contribution in [0.3, 0.4) is 0 Å². The molecule has 0 fully saturated rings. The van der Waals surface area contributed by atoms with Crippen LogP contribution in [-0.2, 0) is 22.4 Å². The number of ether oxygens (including phenoxy) is 1. The summed E-state index contributed by atoms with van der Waals surface area (Å²) in [6, 6.07) is 6.30. The largest absolute Gasteiger partial charge is 0.460 e. The molecule has 0 amide bonds. The highest BCUT2D eigenvalue weighted by atomic mass is 16.6. The molecule has 180 valence electrons. The smallest absolute Gasteiger partial charge is 0.308 e. The van der Waals surface area contributed by atoms with Crippen molar-refractivity contribution in [1.29, 1.82) is 0 Å². The average Bonchev–Trinajstić information content (AvgIpc) is 3.25. The summed E-state index contributed by atoms with van der Waals surface area (Å²) < 4.78 is 7.41. The fourth-order valence-corrected chi connectivity index (χ4v) is 4.28. The van der Waals surface area contributed by atoms with Crippen LogP contribution in [0, 0.1) is 6.92 Å². The molecule has 34 heavy (non-hydrogen) atoms. The van der Waals surface area contributed by atoms with Crippen LogP contribution < -0.4 is 5.32 Å². The summed E-state index contributed by atoms with van der Waals surface area (Å²) in [5.74, 6) is 1.44. The number of hydrogen-bond donors (Lipinski definition) is 1. The molecule has 1 aliphatic heterocycles. The molecule has 4 rings (SSSR count). The Labute approximate surface area is 201 Å². The van der Waals surface area contributed by atoms with Crippen molar-refractivity contribution in [2.45, 2.75) is 83.9 Å². The number of pyridine rings is 1. The Morgan fingerprint density at radius 1 is 1.24 bits per heavy atom. The standard InChI is InChI=1S/C26H34N6O2/c1-18-28-16-20(17-29-18)23(15-24(33)34-26(2,3)4)32-14-12-22(31-32)9-5-8-21-11-10-19-7-6-13-27-25(19)30-21/h6-7,12-14,16-17,21,23H,5,8-11,15H2,1-4H3,(H,27,30)/t21-,23-/m0/s1. The van der Waals surface area contributed by atoms with E-state index < -0.39 is 5.60 Å². The van der Waals surface area contributed by atoms with Crippen molar-refractivity contribution in [1.82, 2.24) is 24.7 Å². The van der Waals surface area contributed by atoms with Gasteiger partial charge in [-0.1, -0.05) is 6.07 Å². The minimum atomic E-state index is -0.538. The van der Waals surface area contributed by atoms with Gasteiger partial charge in [-0.3, -0.25) is 9.48 Å². The highest BCUT2D eigenvalue weighted by Crippen LogP contribution is 2.25. The predicted octanol–water partition coefficient (Wildman–Crippen LogP) is 4.45. The molecule has 0 saturated carbocycles. The number of nitrogens with one attached hydrogen (secondary N) is 1. The number of carbonyl (C=O) groups is 1. The van der Waals surface area contributed by atoms with Gasteiger partial charge in [-0.05, 0) is 77.5 Å². The summed E-state index contributed by atoms with van der Waals surface area (Å²) in [6.45, 7) is 7.46. The first-order chi connectivity index (χ1) is 16.3. The maximum absolute atomic E-state index is 12.6. The van der Waals surface area contributed by atoms with Gasteiger partial charge >= 0.3 is 5.97 Å². The van der Waals surface area contributed by atoms with Crippen LogP contribution in [0.4, 0.5) is 5.82 Å². The van der Waals surface area contributed by atoms with Crippen LogP contribution in [0.2, 0.25) is 0 Å². The second-order valence-electron chi connectivity index (χ2n) is 9.94. The van der Waals surface area contributed by atoms with Crippen LogP contribution in [0.25, 0.3) is 0 Å². The van der Waals surface area contributed by atoms with E-state index >= 15 is 0 Å². The average molecular weight is 463 g/mol. The molecule has 3 aromatic heterocycles. The Kier molecular flexibility index (Phi) is 7.24. The molecule has 0 bridgehead atoms. The monoisotopic (exact) mass is 462 g/mol. The van der Waals surface area contributed by atoms with Gasteiger partial charge in [0.15, 0.2) is 0 Å².